The van der Waals surface area contributed by atoms with Crippen LogP contribution in [0.5, 0.6) is 0 Å². The minimum Gasteiger partial charge on any atom is -0.392 e. The molecule has 0 amide bonds. The summed E-state index contributed by atoms with van der Waals surface area (Å²) >= 11 is 0. The predicted octanol–water partition coefficient (Wildman–Crippen LogP) is 2.00. The van der Waals surface area contributed by atoms with E-state index in [2.05, 4.69) is 36.5 Å². The summed E-state index contributed by atoms with van der Waals surface area (Å²) in [5, 5.41) is 13.1. The van der Waals surface area contributed by atoms with Gasteiger partial charge in [0.05, 0.1) is 6.10 Å². The average molecular weight is 205 g/mol. The number of nitrogens with one attached hydrogen (secondary N) is 1. The maximum Gasteiger partial charge on any atom is 0.0693 e. The minimum atomic E-state index is -0.143. The smallest absolute Gasteiger partial charge is 0.0693 e. The standard InChI is InChI=1S/C13H19NO/c1-10-5-7-11(8-6-10)9-14-12-3-2-4-13(12)15/h5-8,12-15H,2-4,9H2,1H3/t12-,13-/m1/s1. The van der Waals surface area contributed by atoms with Gasteiger partial charge in [0.25, 0.3) is 0 Å². The molecule has 2 N–H and O–H groups in total. The summed E-state index contributed by atoms with van der Waals surface area (Å²) in [6.07, 6.45) is 3.06. The van der Waals surface area contributed by atoms with E-state index < -0.39 is 0 Å². The second kappa shape index (κ2) is 4.77. The Morgan fingerprint density at radius 2 is 2.00 bits per heavy atom. The summed E-state index contributed by atoms with van der Waals surface area (Å²) in [5.74, 6) is 0. The topological polar surface area (TPSA) is 32.3 Å². The first-order valence-corrected chi connectivity index (χ1v) is 5.73. The van der Waals surface area contributed by atoms with Crippen LogP contribution in [0.25, 0.3) is 0 Å². The van der Waals surface area contributed by atoms with Crippen LogP contribution in [0, 0.1) is 6.92 Å². The molecule has 0 spiro atoms. The van der Waals surface area contributed by atoms with Gasteiger partial charge in [-0.3, -0.25) is 0 Å². The number of rotatable bonds is 3. The van der Waals surface area contributed by atoms with Crippen molar-refractivity contribution in [3.05, 3.63) is 35.4 Å². The fraction of sp³-hybridized carbons (Fsp3) is 0.538. The quantitative estimate of drug-likeness (QED) is 0.791. The first-order chi connectivity index (χ1) is 7.25. The van der Waals surface area contributed by atoms with E-state index in [0.717, 1.165) is 25.8 Å². The number of aliphatic hydroxyl groups excluding tert-OH is 1. The summed E-state index contributed by atoms with van der Waals surface area (Å²) in [4.78, 5) is 0. The molecule has 1 fully saturated rings. The predicted molar refractivity (Wildman–Crippen MR) is 61.7 cm³/mol. The van der Waals surface area contributed by atoms with Gasteiger partial charge in [-0.1, -0.05) is 29.8 Å². The molecule has 0 heterocycles. The third-order valence-electron chi connectivity index (χ3n) is 3.17. The fourth-order valence-electron chi connectivity index (χ4n) is 2.13. The first kappa shape index (κ1) is 10.7. The lowest BCUT2D eigenvalue weighted by atomic mass is 10.1. The lowest BCUT2D eigenvalue weighted by molar-refractivity contribution is 0.148. The molecule has 1 saturated carbocycles. The molecule has 1 aliphatic rings. The van der Waals surface area contributed by atoms with Gasteiger partial charge in [0.1, 0.15) is 0 Å². The molecular formula is C13H19NO. The van der Waals surface area contributed by atoms with Crippen LogP contribution < -0.4 is 5.32 Å². The van der Waals surface area contributed by atoms with Gasteiger partial charge in [0.2, 0.25) is 0 Å². The Bertz CT molecular complexity index is 307. The summed E-state index contributed by atoms with van der Waals surface area (Å²) in [7, 11) is 0. The maximum absolute atomic E-state index is 9.65. The molecule has 1 aromatic rings. The summed E-state index contributed by atoms with van der Waals surface area (Å²) in [5.41, 5.74) is 2.58. The van der Waals surface area contributed by atoms with Gasteiger partial charge < -0.3 is 10.4 Å². The second-order valence-corrected chi connectivity index (χ2v) is 4.47. The van der Waals surface area contributed by atoms with Crippen LogP contribution in [-0.2, 0) is 6.54 Å². The lowest BCUT2D eigenvalue weighted by Crippen LogP contribution is -2.34. The molecule has 0 unspecified atom stereocenters. The molecule has 2 nitrogen and oxygen atoms in total. The Kier molecular flexibility index (Phi) is 3.39. The van der Waals surface area contributed by atoms with Crippen LogP contribution in [0.4, 0.5) is 0 Å². The summed E-state index contributed by atoms with van der Waals surface area (Å²) in [6.45, 7) is 2.96. The van der Waals surface area contributed by atoms with Crippen molar-refractivity contribution in [3.63, 3.8) is 0 Å². The van der Waals surface area contributed by atoms with E-state index in [9.17, 15) is 5.11 Å². The highest BCUT2D eigenvalue weighted by Gasteiger charge is 2.24. The Balaban J connectivity index is 1.85. The highest BCUT2D eigenvalue weighted by molar-refractivity contribution is 5.21. The van der Waals surface area contributed by atoms with Crippen LogP contribution in [0.1, 0.15) is 30.4 Å². The van der Waals surface area contributed by atoms with Gasteiger partial charge in [-0.15, -0.1) is 0 Å². The van der Waals surface area contributed by atoms with Crippen molar-refractivity contribution in [2.24, 2.45) is 0 Å². The van der Waals surface area contributed by atoms with Crippen molar-refractivity contribution in [2.75, 3.05) is 0 Å². The van der Waals surface area contributed by atoms with Crippen LogP contribution in [-0.4, -0.2) is 17.3 Å². The first-order valence-electron chi connectivity index (χ1n) is 5.73. The molecule has 2 rings (SSSR count). The van der Waals surface area contributed by atoms with E-state index in [4.69, 9.17) is 0 Å². The fourth-order valence-corrected chi connectivity index (χ4v) is 2.13. The average Bonchev–Trinajstić information content (AvgIpc) is 2.63. The van der Waals surface area contributed by atoms with E-state index in [-0.39, 0.29) is 6.10 Å². The van der Waals surface area contributed by atoms with Crippen LogP contribution in [0.3, 0.4) is 0 Å². The van der Waals surface area contributed by atoms with E-state index >= 15 is 0 Å². The lowest BCUT2D eigenvalue weighted by Gasteiger charge is -2.16. The van der Waals surface area contributed by atoms with Gasteiger partial charge in [-0.2, -0.15) is 0 Å². The van der Waals surface area contributed by atoms with Crippen LogP contribution in [0.15, 0.2) is 24.3 Å². The van der Waals surface area contributed by atoms with Crippen LogP contribution in [0.2, 0.25) is 0 Å². The number of hydrogen-bond acceptors (Lipinski definition) is 2. The molecule has 1 aromatic carbocycles. The molecule has 2 heteroatoms. The Labute approximate surface area is 91.3 Å². The SMILES string of the molecule is Cc1ccc(CN[C@@H]2CCC[C@H]2O)cc1. The molecule has 1 aliphatic carbocycles. The van der Waals surface area contributed by atoms with E-state index in [0.29, 0.717) is 6.04 Å². The van der Waals surface area contributed by atoms with Crippen molar-refractivity contribution in [1.82, 2.24) is 5.32 Å². The monoisotopic (exact) mass is 205 g/mol. The van der Waals surface area contributed by atoms with E-state index in [1.807, 2.05) is 0 Å². The molecular weight excluding hydrogens is 186 g/mol. The van der Waals surface area contributed by atoms with Gasteiger partial charge in [-0.25, -0.2) is 0 Å². The molecule has 82 valence electrons. The summed E-state index contributed by atoms with van der Waals surface area (Å²) < 4.78 is 0. The zero-order chi connectivity index (χ0) is 10.7. The summed E-state index contributed by atoms with van der Waals surface area (Å²) in [6, 6.07) is 8.84. The molecule has 2 atom stereocenters. The zero-order valence-corrected chi connectivity index (χ0v) is 9.24. The molecule has 0 saturated heterocycles. The van der Waals surface area contributed by atoms with E-state index in [1.165, 1.54) is 11.1 Å². The van der Waals surface area contributed by atoms with Gasteiger partial charge >= 0.3 is 0 Å². The van der Waals surface area contributed by atoms with Crippen molar-refractivity contribution >= 4 is 0 Å². The third kappa shape index (κ3) is 2.80. The van der Waals surface area contributed by atoms with Crippen molar-refractivity contribution < 1.29 is 5.11 Å². The van der Waals surface area contributed by atoms with Gasteiger partial charge in [-0.05, 0) is 31.7 Å². The minimum absolute atomic E-state index is 0.143. The molecule has 0 bridgehead atoms. The van der Waals surface area contributed by atoms with Crippen molar-refractivity contribution in [3.8, 4) is 0 Å². The largest absolute Gasteiger partial charge is 0.392 e. The van der Waals surface area contributed by atoms with Crippen LogP contribution >= 0.6 is 0 Å². The number of aryl methyl sites for hydroxylation is 1. The maximum atomic E-state index is 9.65. The molecule has 0 aromatic heterocycles. The van der Waals surface area contributed by atoms with Gasteiger partial charge in [0.15, 0.2) is 0 Å². The van der Waals surface area contributed by atoms with E-state index in [1.54, 1.807) is 0 Å². The number of benzene rings is 1. The Hall–Kier alpha value is -0.860. The highest BCUT2D eigenvalue weighted by Crippen LogP contribution is 2.19. The molecule has 15 heavy (non-hydrogen) atoms. The third-order valence-corrected chi connectivity index (χ3v) is 3.17. The second-order valence-electron chi connectivity index (χ2n) is 4.47. The van der Waals surface area contributed by atoms with Crippen molar-refractivity contribution in [1.29, 1.82) is 0 Å². The molecule has 0 aliphatic heterocycles. The number of aliphatic hydroxyl groups is 1. The molecule has 0 radical (unpaired) electrons. The Morgan fingerprint density at radius 1 is 1.27 bits per heavy atom. The van der Waals surface area contributed by atoms with Crippen molar-refractivity contribution in [2.45, 2.75) is 44.9 Å². The normalized spacial score (nSPS) is 25.7. The van der Waals surface area contributed by atoms with Gasteiger partial charge in [0, 0.05) is 12.6 Å². The number of hydrogen-bond donors (Lipinski definition) is 2. The zero-order valence-electron chi connectivity index (χ0n) is 9.24. The Morgan fingerprint density at radius 3 is 2.60 bits per heavy atom. The highest BCUT2D eigenvalue weighted by atomic mass is 16.3.